The van der Waals surface area contributed by atoms with Crippen LogP contribution in [0.15, 0.2) is 113 Å². The summed E-state index contributed by atoms with van der Waals surface area (Å²) in [6.07, 6.45) is 4.77. The molecule has 164 valence electrons. The van der Waals surface area contributed by atoms with Crippen molar-refractivity contribution in [1.29, 1.82) is 0 Å². The predicted molar refractivity (Wildman–Crippen MR) is 130 cm³/mol. The van der Waals surface area contributed by atoms with E-state index in [-0.39, 0.29) is 16.7 Å². The van der Waals surface area contributed by atoms with Gasteiger partial charge in [0.05, 0.1) is 18.7 Å². The second-order valence-electron chi connectivity index (χ2n) is 7.87. The fraction of sp³-hybridized carbons (Fsp3) is 0.107. The van der Waals surface area contributed by atoms with E-state index in [0.717, 1.165) is 11.1 Å². The van der Waals surface area contributed by atoms with Crippen molar-refractivity contribution in [2.75, 3.05) is 0 Å². The minimum atomic E-state index is -0.419. The first kappa shape index (κ1) is 22.0. The van der Waals surface area contributed by atoms with Gasteiger partial charge in [0.15, 0.2) is 5.78 Å². The molecule has 0 amide bonds. The smallest absolute Gasteiger partial charge is 0.262 e. The fourth-order valence-electron chi connectivity index (χ4n) is 3.72. The topological polar surface area (TPSA) is 61.1 Å². The summed E-state index contributed by atoms with van der Waals surface area (Å²) in [5.41, 5.74) is 2.47. The van der Waals surface area contributed by atoms with Crippen molar-refractivity contribution in [3.8, 4) is 0 Å². The molecule has 2 heterocycles. The average molecular weight is 437 g/mol. The minimum Gasteiger partial charge on any atom is -0.311 e. The van der Waals surface area contributed by atoms with Gasteiger partial charge >= 0.3 is 0 Å². The molecule has 0 fully saturated rings. The van der Waals surface area contributed by atoms with Crippen LogP contribution >= 0.6 is 0 Å². The first-order valence-corrected chi connectivity index (χ1v) is 10.7. The first-order chi connectivity index (χ1) is 16.0. The molecular weight excluding hydrogens is 412 g/mol. The van der Waals surface area contributed by atoms with Crippen LogP contribution in [0.25, 0.3) is 5.57 Å². The van der Waals surface area contributed by atoms with Gasteiger partial charge in [0.1, 0.15) is 0 Å². The number of hydrogen-bond donors (Lipinski definition) is 0. The number of carbonyl (C=O) groups is 1. The van der Waals surface area contributed by atoms with E-state index in [0.29, 0.717) is 24.2 Å². The molecule has 0 aliphatic carbocycles. The van der Waals surface area contributed by atoms with Crippen LogP contribution in [-0.2, 0) is 13.1 Å². The molecule has 5 nitrogen and oxygen atoms in total. The molecule has 4 aromatic rings. The zero-order valence-corrected chi connectivity index (χ0v) is 18.3. The highest BCUT2D eigenvalue weighted by Crippen LogP contribution is 2.11. The lowest BCUT2D eigenvalue weighted by Gasteiger charge is -2.09. The molecule has 5 heteroatoms. The number of allylic oxidation sites excluding steroid dienone is 2. The van der Waals surface area contributed by atoms with Crippen molar-refractivity contribution in [2.45, 2.75) is 20.0 Å². The van der Waals surface area contributed by atoms with E-state index in [1.54, 1.807) is 42.1 Å². The van der Waals surface area contributed by atoms with E-state index in [1.807, 2.05) is 60.7 Å². The second kappa shape index (κ2) is 9.92. The van der Waals surface area contributed by atoms with Gasteiger partial charge in [-0.05, 0) is 54.0 Å². The Morgan fingerprint density at radius 3 is 1.64 bits per heavy atom. The third-order valence-electron chi connectivity index (χ3n) is 5.47. The molecule has 0 N–H and O–H groups in total. The normalized spacial score (nSPS) is 11.4. The van der Waals surface area contributed by atoms with Crippen LogP contribution in [0.2, 0.25) is 0 Å². The van der Waals surface area contributed by atoms with Crippen molar-refractivity contribution in [1.82, 2.24) is 9.13 Å². The molecule has 0 saturated carbocycles. The molecular formula is C28H24N2O3. The van der Waals surface area contributed by atoms with Crippen LogP contribution in [0.1, 0.15) is 34.0 Å². The summed E-state index contributed by atoms with van der Waals surface area (Å²) in [6, 6.07) is 26.0. The Morgan fingerprint density at radius 2 is 1.12 bits per heavy atom. The molecule has 0 atom stereocenters. The molecule has 0 unspecified atom stereocenters. The molecule has 0 radical (unpaired) electrons. The Morgan fingerprint density at radius 1 is 0.667 bits per heavy atom. The average Bonchev–Trinajstić information content (AvgIpc) is 2.83. The lowest BCUT2D eigenvalue weighted by Crippen LogP contribution is -2.26. The third kappa shape index (κ3) is 5.15. The number of nitrogens with zero attached hydrogens (tertiary/aromatic N) is 2. The van der Waals surface area contributed by atoms with Gasteiger partial charge in [0.25, 0.3) is 11.1 Å². The van der Waals surface area contributed by atoms with Gasteiger partial charge in [-0.25, -0.2) is 0 Å². The van der Waals surface area contributed by atoms with Crippen LogP contribution in [0.4, 0.5) is 0 Å². The van der Waals surface area contributed by atoms with Crippen molar-refractivity contribution in [3.63, 3.8) is 0 Å². The predicted octanol–water partition coefficient (Wildman–Crippen LogP) is 4.39. The number of carbonyl (C=O) groups excluding carboxylic acids is 1. The summed E-state index contributed by atoms with van der Waals surface area (Å²) in [7, 11) is 0. The Bertz CT molecular complexity index is 1410. The Hall–Kier alpha value is -4.25. The van der Waals surface area contributed by atoms with Gasteiger partial charge in [-0.1, -0.05) is 60.7 Å². The second-order valence-corrected chi connectivity index (χ2v) is 7.87. The van der Waals surface area contributed by atoms with E-state index in [9.17, 15) is 14.4 Å². The number of hydrogen-bond acceptors (Lipinski definition) is 3. The van der Waals surface area contributed by atoms with Gasteiger partial charge in [0.2, 0.25) is 0 Å². The highest BCUT2D eigenvalue weighted by atomic mass is 16.1. The van der Waals surface area contributed by atoms with Crippen molar-refractivity contribution in [3.05, 3.63) is 146 Å². The Labute approximate surface area is 191 Å². The SMILES string of the molecule is CC(=CC(=O)c1cccn(Cc2ccccc2)c1=O)c1cccn(Cc2ccccc2)c1=O. The molecule has 0 bridgehead atoms. The summed E-state index contributed by atoms with van der Waals surface area (Å²) in [5.74, 6) is -0.419. The number of aromatic nitrogens is 2. The van der Waals surface area contributed by atoms with Gasteiger partial charge in [-0.2, -0.15) is 0 Å². The molecule has 0 saturated heterocycles. The molecule has 0 spiro atoms. The quantitative estimate of drug-likeness (QED) is 0.319. The lowest BCUT2D eigenvalue weighted by atomic mass is 10.0. The van der Waals surface area contributed by atoms with Crippen molar-refractivity contribution < 1.29 is 4.79 Å². The highest BCUT2D eigenvalue weighted by molar-refractivity contribution is 6.08. The Balaban J connectivity index is 1.60. The van der Waals surface area contributed by atoms with E-state index in [1.165, 1.54) is 16.7 Å². The molecule has 0 aliphatic heterocycles. The molecule has 2 aromatic heterocycles. The minimum absolute atomic E-state index is 0.0772. The van der Waals surface area contributed by atoms with Gasteiger partial charge in [-0.15, -0.1) is 0 Å². The summed E-state index contributed by atoms with van der Waals surface area (Å²) in [6.45, 7) is 2.54. The molecule has 4 rings (SSSR count). The largest absolute Gasteiger partial charge is 0.311 e. The van der Waals surface area contributed by atoms with Crippen LogP contribution in [0, 0.1) is 0 Å². The van der Waals surface area contributed by atoms with Crippen LogP contribution in [-0.4, -0.2) is 14.9 Å². The third-order valence-corrected chi connectivity index (χ3v) is 5.47. The summed E-state index contributed by atoms with van der Waals surface area (Å²) in [5, 5.41) is 0. The summed E-state index contributed by atoms with van der Waals surface area (Å²) in [4.78, 5) is 38.8. The van der Waals surface area contributed by atoms with Crippen molar-refractivity contribution in [2.24, 2.45) is 0 Å². The van der Waals surface area contributed by atoms with Crippen LogP contribution in [0.5, 0.6) is 0 Å². The number of ketones is 1. The zero-order chi connectivity index (χ0) is 23.2. The molecule has 0 aliphatic rings. The summed E-state index contributed by atoms with van der Waals surface area (Å²) >= 11 is 0. The molecule has 2 aromatic carbocycles. The van der Waals surface area contributed by atoms with Gasteiger partial charge in [-0.3, -0.25) is 14.4 Å². The number of benzene rings is 2. The maximum atomic E-state index is 13.0. The van der Waals surface area contributed by atoms with Gasteiger partial charge < -0.3 is 9.13 Å². The van der Waals surface area contributed by atoms with Crippen LogP contribution < -0.4 is 11.1 Å². The van der Waals surface area contributed by atoms with E-state index in [2.05, 4.69) is 0 Å². The molecule has 33 heavy (non-hydrogen) atoms. The number of pyridine rings is 2. The summed E-state index contributed by atoms with van der Waals surface area (Å²) < 4.78 is 3.13. The highest BCUT2D eigenvalue weighted by Gasteiger charge is 2.13. The maximum Gasteiger partial charge on any atom is 0.262 e. The Kier molecular flexibility index (Phi) is 6.60. The first-order valence-electron chi connectivity index (χ1n) is 10.7. The maximum absolute atomic E-state index is 13.0. The van der Waals surface area contributed by atoms with Crippen molar-refractivity contribution >= 4 is 11.4 Å². The lowest BCUT2D eigenvalue weighted by molar-refractivity contribution is 0.104. The monoisotopic (exact) mass is 436 g/mol. The van der Waals surface area contributed by atoms with Crippen LogP contribution in [0.3, 0.4) is 0 Å². The standard InChI is InChI=1S/C28H24N2O3/c1-21(24-14-8-16-29(27(24)32)19-22-10-4-2-5-11-22)18-26(31)25-15-9-17-30(28(25)33)20-23-12-6-3-7-13-23/h2-18H,19-20H2,1H3. The van der Waals surface area contributed by atoms with E-state index < -0.39 is 5.78 Å². The number of rotatable bonds is 7. The van der Waals surface area contributed by atoms with E-state index >= 15 is 0 Å². The van der Waals surface area contributed by atoms with Gasteiger partial charge in [0, 0.05) is 18.0 Å². The van der Waals surface area contributed by atoms with E-state index in [4.69, 9.17) is 0 Å². The fourth-order valence-corrected chi connectivity index (χ4v) is 3.72. The zero-order valence-electron chi connectivity index (χ0n) is 18.3.